The summed E-state index contributed by atoms with van der Waals surface area (Å²) in [5.41, 5.74) is 1.60. The van der Waals surface area contributed by atoms with Crippen molar-refractivity contribution in [1.29, 1.82) is 0 Å². The molecule has 3 aliphatic carbocycles. The Kier molecular flexibility index (Phi) is 8.18. The fourth-order valence-electron chi connectivity index (χ4n) is 6.96. The highest BCUT2D eigenvalue weighted by atomic mass is 16.4. The van der Waals surface area contributed by atoms with Crippen molar-refractivity contribution in [3.05, 3.63) is 35.5 Å². The van der Waals surface area contributed by atoms with Crippen molar-refractivity contribution in [1.82, 2.24) is 0 Å². The van der Waals surface area contributed by atoms with Crippen molar-refractivity contribution in [3.63, 3.8) is 0 Å². The normalized spacial score (nSPS) is 37.5. The summed E-state index contributed by atoms with van der Waals surface area (Å²) in [6, 6.07) is 0. The minimum absolute atomic E-state index is 0.0159. The number of carbonyl (C=O) groups is 1. The van der Waals surface area contributed by atoms with Crippen molar-refractivity contribution < 1.29 is 30.3 Å². The van der Waals surface area contributed by atoms with Gasteiger partial charge in [0.05, 0.1) is 29.8 Å². The molecule has 192 valence electrons. The Morgan fingerprint density at radius 1 is 1.26 bits per heavy atom. The van der Waals surface area contributed by atoms with Gasteiger partial charge in [-0.15, -0.1) is 0 Å². The first-order valence-electron chi connectivity index (χ1n) is 12.8. The second kappa shape index (κ2) is 10.3. The van der Waals surface area contributed by atoms with E-state index in [1.54, 1.807) is 0 Å². The lowest BCUT2D eigenvalue weighted by Gasteiger charge is -2.45. The molecule has 3 aliphatic rings. The molecule has 3 saturated carbocycles. The first-order valence-corrected chi connectivity index (χ1v) is 12.8. The lowest BCUT2D eigenvalue weighted by atomic mass is 9.59. The number of carboxylic acids is 1. The number of hydrogen-bond donors (Lipinski definition) is 5. The highest BCUT2D eigenvalue weighted by molar-refractivity contribution is 5.70. The Morgan fingerprint density at radius 3 is 2.56 bits per heavy atom. The molecule has 3 rings (SSSR count). The van der Waals surface area contributed by atoms with E-state index in [-0.39, 0.29) is 23.7 Å². The Morgan fingerprint density at radius 2 is 1.94 bits per heavy atom. The van der Waals surface area contributed by atoms with Crippen LogP contribution >= 0.6 is 0 Å². The average Bonchev–Trinajstić information content (AvgIpc) is 3.09. The van der Waals surface area contributed by atoms with Crippen molar-refractivity contribution in [2.45, 2.75) is 103 Å². The third-order valence-corrected chi connectivity index (χ3v) is 9.18. The fourth-order valence-corrected chi connectivity index (χ4v) is 6.96. The summed E-state index contributed by atoms with van der Waals surface area (Å²) in [7, 11) is 0. The molecular formula is C28H44O6. The van der Waals surface area contributed by atoms with E-state index in [4.69, 9.17) is 0 Å². The van der Waals surface area contributed by atoms with Crippen molar-refractivity contribution in [2.75, 3.05) is 0 Å². The minimum Gasteiger partial charge on any atom is -0.481 e. The van der Waals surface area contributed by atoms with Gasteiger partial charge in [-0.3, -0.25) is 4.79 Å². The largest absolute Gasteiger partial charge is 0.481 e. The second-order valence-electron chi connectivity index (χ2n) is 11.9. The van der Waals surface area contributed by atoms with Crippen LogP contribution in [0, 0.1) is 29.1 Å². The molecule has 6 heteroatoms. The van der Waals surface area contributed by atoms with Crippen LogP contribution in [0.2, 0.25) is 0 Å². The van der Waals surface area contributed by atoms with Gasteiger partial charge < -0.3 is 25.5 Å². The van der Waals surface area contributed by atoms with Crippen LogP contribution in [0.5, 0.6) is 0 Å². The van der Waals surface area contributed by atoms with Gasteiger partial charge in [-0.2, -0.15) is 0 Å². The van der Waals surface area contributed by atoms with Crippen LogP contribution in [-0.2, 0) is 4.79 Å². The summed E-state index contributed by atoms with van der Waals surface area (Å²) < 4.78 is 0. The van der Waals surface area contributed by atoms with Gasteiger partial charge >= 0.3 is 5.97 Å². The lowest BCUT2D eigenvalue weighted by Crippen LogP contribution is -2.43. The van der Waals surface area contributed by atoms with E-state index in [2.05, 4.69) is 19.6 Å². The molecule has 0 aromatic heterocycles. The zero-order valence-corrected chi connectivity index (χ0v) is 21.2. The number of carboxylic acid groups (broad SMARTS) is 1. The maximum absolute atomic E-state index is 12.2. The summed E-state index contributed by atoms with van der Waals surface area (Å²) >= 11 is 0. The molecule has 0 spiro atoms. The number of allylic oxidation sites excluding steroid dienone is 3. The van der Waals surface area contributed by atoms with E-state index in [0.29, 0.717) is 24.3 Å². The molecule has 8 atom stereocenters. The monoisotopic (exact) mass is 476 g/mol. The molecule has 6 nitrogen and oxygen atoms in total. The maximum Gasteiger partial charge on any atom is 0.306 e. The van der Waals surface area contributed by atoms with Crippen molar-refractivity contribution >= 4 is 5.97 Å². The van der Waals surface area contributed by atoms with E-state index in [1.807, 2.05) is 13.0 Å². The van der Waals surface area contributed by atoms with Crippen LogP contribution in [0.3, 0.4) is 0 Å². The Bertz CT molecular complexity index is 836. The zero-order valence-electron chi connectivity index (χ0n) is 21.2. The molecule has 5 N–H and O–H groups in total. The molecular weight excluding hydrogens is 432 g/mol. The SMILES string of the molecule is C=C1/C(=C\C=C2CCC[C@@]3(C)C2CC[C@@H]3[C@H](C)C(CC(O)C(C)(C)O)C(=O)O)C[C@@H](O)C[C@H]1O. The third-order valence-electron chi connectivity index (χ3n) is 9.18. The van der Waals surface area contributed by atoms with Crippen LogP contribution in [0.25, 0.3) is 0 Å². The highest BCUT2D eigenvalue weighted by Gasteiger charge is 2.52. The Hall–Kier alpha value is -1.47. The fraction of sp³-hybridized carbons (Fsp3) is 0.750. The van der Waals surface area contributed by atoms with E-state index < -0.39 is 35.8 Å². The van der Waals surface area contributed by atoms with Crippen LogP contribution in [0.1, 0.15) is 79.1 Å². The highest BCUT2D eigenvalue weighted by Crippen LogP contribution is 2.60. The topological polar surface area (TPSA) is 118 Å². The molecule has 0 aliphatic heterocycles. The van der Waals surface area contributed by atoms with E-state index in [0.717, 1.165) is 37.7 Å². The van der Waals surface area contributed by atoms with Crippen LogP contribution in [0.4, 0.5) is 0 Å². The molecule has 0 aromatic rings. The summed E-state index contributed by atoms with van der Waals surface area (Å²) in [6.45, 7) is 11.3. The van der Waals surface area contributed by atoms with Gasteiger partial charge in [-0.1, -0.05) is 38.2 Å². The van der Waals surface area contributed by atoms with E-state index >= 15 is 0 Å². The molecule has 3 fully saturated rings. The Labute approximate surface area is 204 Å². The Balaban J connectivity index is 1.81. The standard InChI is InChI=1S/C28H44O6/c1-16-19(13-20(29)14-24(16)30)9-8-18-7-6-12-28(5)22(10-11-23(18)28)17(2)21(26(32)33)15-25(31)27(3,4)34/h8-9,17,20-25,29-31,34H,1,6-7,10-15H2,2-5H3,(H,32,33)/b18-8?,19-9-/t17-,20-,21?,22-,23?,24-,25?,28-/m1/s1. The molecule has 0 radical (unpaired) electrons. The number of hydrogen-bond acceptors (Lipinski definition) is 5. The van der Waals surface area contributed by atoms with Gasteiger partial charge in [-0.05, 0) is 93.1 Å². The summed E-state index contributed by atoms with van der Waals surface area (Å²) in [5.74, 6) is -1.16. The summed E-state index contributed by atoms with van der Waals surface area (Å²) in [4.78, 5) is 12.2. The molecule has 3 unspecified atom stereocenters. The average molecular weight is 477 g/mol. The summed E-state index contributed by atoms with van der Waals surface area (Å²) in [6.07, 6.45) is 7.76. The van der Waals surface area contributed by atoms with Crippen molar-refractivity contribution in [2.24, 2.45) is 29.1 Å². The molecule has 0 heterocycles. The van der Waals surface area contributed by atoms with Gasteiger partial charge in [0.15, 0.2) is 0 Å². The molecule has 0 bridgehead atoms. The van der Waals surface area contributed by atoms with E-state index in [9.17, 15) is 30.3 Å². The minimum atomic E-state index is -1.34. The zero-order chi connectivity index (χ0) is 25.4. The second-order valence-corrected chi connectivity index (χ2v) is 11.9. The van der Waals surface area contributed by atoms with Crippen LogP contribution in [0.15, 0.2) is 35.5 Å². The first kappa shape index (κ1) is 27.1. The lowest BCUT2D eigenvalue weighted by molar-refractivity contribution is -0.148. The predicted molar refractivity (Wildman–Crippen MR) is 132 cm³/mol. The van der Waals surface area contributed by atoms with Crippen molar-refractivity contribution in [3.8, 4) is 0 Å². The summed E-state index contributed by atoms with van der Waals surface area (Å²) in [5, 5.41) is 50.8. The number of fused-ring (bicyclic) bond motifs is 1. The predicted octanol–water partition coefficient (Wildman–Crippen LogP) is 3.99. The maximum atomic E-state index is 12.2. The molecule has 34 heavy (non-hydrogen) atoms. The number of aliphatic hydroxyl groups excluding tert-OH is 3. The van der Waals surface area contributed by atoms with Gasteiger partial charge in [0.2, 0.25) is 0 Å². The van der Waals surface area contributed by atoms with E-state index in [1.165, 1.54) is 19.4 Å². The van der Waals surface area contributed by atoms with Gasteiger partial charge in [-0.25, -0.2) is 0 Å². The molecule has 0 saturated heterocycles. The van der Waals surface area contributed by atoms with Crippen LogP contribution < -0.4 is 0 Å². The molecule has 0 aromatic carbocycles. The number of aliphatic carboxylic acids is 1. The number of rotatable bonds is 7. The van der Waals surface area contributed by atoms with Crippen LogP contribution in [-0.4, -0.2) is 55.4 Å². The third kappa shape index (κ3) is 5.51. The van der Waals surface area contributed by atoms with Gasteiger partial charge in [0, 0.05) is 6.42 Å². The van der Waals surface area contributed by atoms with Gasteiger partial charge in [0.1, 0.15) is 0 Å². The first-order chi connectivity index (χ1) is 15.8. The van der Waals surface area contributed by atoms with Gasteiger partial charge in [0.25, 0.3) is 0 Å². The quantitative estimate of drug-likeness (QED) is 0.379. The number of aliphatic hydroxyl groups is 4. The smallest absolute Gasteiger partial charge is 0.306 e. The molecule has 0 amide bonds.